The van der Waals surface area contributed by atoms with E-state index in [2.05, 4.69) is 27.1 Å². The third kappa shape index (κ3) is 4.54. The molecule has 2 N–H and O–H groups in total. The zero-order chi connectivity index (χ0) is 21.9. The SMILES string of the molecule is CCn1nc(CN2CCC(NC(=O)Nc3ccc4c(c3)OCCO4)CC2)c2c1CCOC2. The number of ether oxygens (including phenoxy) is 3. The number of nitrogens with one attached hydrogen (secondary N) is 2. The number of carbonyl (C=O) groups is 1. The van der Waals surface area contributed by atoms with Gasteiger partial charge in [-0.25, -0.2) is 4.79 Å². The van der Waals surface area contributed by atoms with Gasteiger partial charge in [-0.1, -0.05) is 0 Å². The molecule has 9 nitrogen and oxygen atoms in total. The Morgan fingerprint density at radius 3 is 2.78 bits per heavy atom. The molecule has 0 aliphatic carbocycles. The molecular formula is C23H31N5O4. The highest BCUT2D eigenvalue weighted by atomic mass is 16.6. The van der Waals surface area contributed by atoms with Gasteiger partial charge in [0.05, 0.1) is 18.9 Å². The second-order valence-electron chi connectivity index (χ2n) is 8.50. The molecule has 0 unspecified atom stereocenters. The van der Waals surface area contributed by atoms with Crippen molar-refractivity contribution in [3.8, 4) is 11.5 Å². The van der Waals surface area contributed by atoms with E-state index in [1.54, 1.807) is 6.07 Å². The van der Waals surface area contributed by atoms with Gasteiger partial charge in [0, 0.05) is 61.7 Å². The molecule has 9 heteroatoms. The third-order valence-electron chi connectivity index (χ3n) is 6.38. The summed E-state index contributed by atoms with van der Waals surface area (Å²) in [5, 5.41) is 10.9. The summed E-state index contributed by atoms with van der Waals surface area (Å²) in [5.41, 5.74) is 4.45. The first kappa shape index (κ1) is 21.1. The fraction of sp³-hybridized carbons (Fsp3) is 0.565. The van der Waals surface area contributed by atoms with Crippen LogP contribution in [0.25, 0.3) is 0 Å². The lowest BCUT2D eigenvalue weighted by atomic mass is 10.0. The van der Waals surface area contributed by atoms with E-state index >= 15 is 0 Å². The van der Waals surface area contributed by atoms with Gasteiger partial charge in [0.1, 0.15) is 13.2 Å². The van der Waals surface area contributed by atoms with Crippen molar-refractivity contribution in [2.75, 3.05) is 38.2 Å². The van der Waals surface area contributed by atoms with Gasteiger partial charge in [-0.15, -0.1) is 0 Å². The van der Waals surface area contributed by atoms with Gasteiger partial charge in [0.25, 0.3) is 0 Å². The molecule has 1 saturated heterocycles. The molecule has 0 bridgehead atoms. The Balaban J connectivity index is 1.11. The summed E-state index contributed by atoms with van der Waals surface area (Å²) in [4.78, 5) is 14.9. The Morgan fingerprint density at radius 2 is 1.97 bits per heavy atom. The number of hydrogen-bond acceptors (Lipinski definition) is 6. The molecule has 1 fully saturated rings. The number of anilines is 1. The number of amides is 2. The van der Waals surface area contributed by atoms with Crippen LogP contribution in [0.2, 0.25) is 0 Å². The fourth-order valence-corrected chi connectivity index (χ4v) is 4.69. The van der Waals surface area contributed by atoms with Crippen LogP contribution in [0.1, 0.15) is 36.7 Å². The summed E-state index contributed by atoms with van der Waals surface area (Å²) in [6, 6.07) is 5.43. The first-order valence-corrected chi connectivity index (χ1v) is 11.5. The first-order chi connectivity index (χ1) is 15.7. The minimum Gasteiger partial charge on any atom is -0.486 e. The number of fused-ring (bicyclic) bond motifs is 2. The van der Waals surface area contributed by atoms with E-state index in [0.29, 0.717) is 37.0 Å². The Hall–Kier alpha value is -2.78. The largest absolute Gasteiger partial charge is 0.486 e. The van der Waals surface area contributed by atoms with Crippen molar-refractivity contribution >= 4 is 11.7 Å². The maximum absolute atomic E-state index is 12.5. The lowest BCUT2D eigenvalue weighted by molar-refractivity contribution is 0.107. The summed E-state index contributed by atoms with van der Waals surface area (Å²) in [5.74, 6) is 1.38. The molecule has 3 aliphatic heterocycles. The molecule has 2 amide bonds. The Kier molecular flexibility index (Phi) is 6.18. The molecular weight excluding hydrogens is 410 g/mol. The molecule has 2 aromatic rings. The van der Waals surface area contributed by atoms with Crippen molar-refractivity contribution in [2.24, 2.45) is 0 Å². The van der Waals surface area contributed by atoms with E-state index in [1.807, 2.05) is 12.1 Å². The number of rotatable bonds is 5. The minimum atomic E-state index is -0.187. The zero-order valence-corrected chi connectivity index (χ0v) is 18.6. The molecule has 4 heterocycles. The molecule has 32 heavy (non-hydrogen) atoms. The van der Waals surface area contributed by atoms with Crippen molar-refractivity contribution < 1.29 is 19.0 Å². The Bertz CT molecular complexity index is 968. The number of nitrogens with zero attached hydrogens (tertiary/aromatic N) is 3. The van der Waals surface area contributed by atoms with Crippen LogP contribution in [0, 0.1) is 0 Å². The smallest absolute Gasteiger partial charge is 0.319 e. The van der Waals surface area contributed by atoms with Crippen LogP contribution in [0.3, 0.4) is 0 Å². The van der Waals surface area contributed by atoms with Crippen LogP contribution in [0.5, 0.6) is 11.5 Å². The van der Waals surface area contributed by atoms with Crippen LogP contribution in [0.15, 0.2) is 18.2 Å². The standard InChI is InChI=1S/C23H31N5O4/c1-2-28-20-7-10-30-15-18(20)19(26-28)14-27-8-5-16(6-9-27)24-23(29)25-17-3-4-21-22(13-17)32-12-11-31-21/h3-4,13,16H,2,5-12,14-15H2,1H3,(H2,24,25,29). The second kappa shape index (κ2) is 9.38. The van der Waals surface area contributed by atoms with Crippen molar-refractivity contribution in [3.63, 3.8) is 0 Å². The summed E-state index contributed by atoms with van der Waals surface area (Å²) >= 11 is 0. The highest BCUT2D eigenvalue weighted by Gasteiger charge is 2.25. The maximum Gasteiger partial charge on any atom is 0.319 e. The van der Waals surface area contributed by atoms with Gasteiger partial charge in [-0.3, -0.25) is 9.58 Å². The second-order valence-corrected chi connectivity index (χ2v) is 8.50. The number of carbonyl (C=O) groups excluding carboxylic acids is 1. The zero-order valence-electron chi connectivity index (χ0n) is 18.6. The maximum atomic E-state index is 12.5. The lowest BCUT2D eigenvalue weighted by Gasteiger charge is -2.32. The molecule has 1 aromatic carbocycles. The normalized spacial score (nSPS) is 18.8. The number of urea groups is 1. The summed E-state index contributed by atoms with van der Waals surface area (Å²) in [7, 11) is 0. The predicted octanol–water partition coefficient (Wildman–Crippen LogP) is 2.53. The van der Waals surface area contributed by atoms with E-state index < -0.39 is 0 Å². The topological polar surface area (TPSA) is 89.9 Å². The van der Waals surface area contributed by atoms with E-state index in [0.717, 1.165) is 57.7 Å². The van der Waals surface area contributed by atoms with Crippen LogP contribution >= 0.6 is 0 Å². The number of piperidine rings is 1. The average molecular weight is 442 g/mol. The van der Waals surface area contributed by atoms with E-state index in [4.69, 9.17) is 19.3 Å². The van der Waals surface area contributed by atoms with Gasteiger partial charge in [0.15, 0.2) is 11.5 Å². The van der Waals surface area contributed by atoms with Crippen LogP contribution in [-0.2, 0) is 30.9 Å². The third-order valence-corrected chi connectivity index (χ3v) is 6.38. The van der Waals surface area contributed by atoms with Gasteiger partial charge in [-0.05, 0) is 31.9 Å². The Morgan fingerprint density at radius 1 is 1.16 bits per heavy atom. The Labute approximate surface area is 188 Å². The van der Waals surface area contributed by atoms with E-state index in [9.17, 15) is 4.79 Å². The van der Waals surface area contributed by atoms with Gasteiger partial charge in [0.2, 0.25) is 0 Å². The molecule has 0 spiro atoms. The molecule has 1 aromatic heterocycles. The van der Waals surface area contributed by atoms with E-state index in [-0.39, 0.29) is 12.1 Å². The fourth-order valence-electron chi connectivity index (χ4n) is 4.69. The van der Waals surface area contributed by atoms with Crippen molar-refractivity contribution in [1.29, 1.82) is 0 Å². The number of aromatic nitrogens is 2. The van der Waals surface area contributed by atoms with Gasteiger partial charge < -0.3 is 24.8 Å². The van der Waals surface area contributed by atoms with E-state index in [1.165, 1.54) is 11.3 Å². The van der Waals surface area contributed by atoms with Crippen LogP contribution in [-0.4, -0.2) is 59.7 Å². The quantitative estimate of drug-likeness (QED) is 0.741. The summed E-state index contributed by atoms with van der Waals surface area (Å²) in [6.07, 6.45) is 2.78. The molecule has 172 valence electrons. The van der Waals surface area contributed by atoms with Crippen molar-refractivity contribution in [3.05, 3.63) is 35.2 Å². The number of hydrogen-bond donors (Lipinski definition) is 2. The lowest BCUT2D eigenvalue weighted by Crippen LogP contribution is -2.45. The monoisotopic (exact) mass is 441 g/mol. The summed E-state index contributed by atoms with van der Waals surface area (Å²) < 4.78 is 18.9. The summed E-state index contributed by atoms with van der Waals surface area (Å²) in [6.45, 7) is 8.27. The highest BCUT2D eigenvalue weighted by molar-refractivity contribution is 5.89. The molecule has 0 atom stereocenters. The van der Waals surface area contributed by atoms with Crippen LogP contribution in [0.4, 0.5) is 10.5 Å². The predicted molar refractivity (Wildman–Crippen MR) is 119 cm³/mol. The molecule has 5 rings (SSSR count). The van der Waals surface area contributed by atoms with Gasteiger partial charge in [-0.2, -0.15) is 5.10 Å². The first-order valence-electron chi connectivity index (χ1n) is 11.5. The van der Waals surface area contributed by atoms with Crippen LogP contribution < -0.4 is 20.1 Å². The average Bonchev–Trinajstić information content (AvgIpc) is 3.18. The molecule has 0 saturated carbocycles. The highest BCUT2D eigenvalue weighted by Crippen LogP contribution is 2.32. The molecule has 3 aliphatic rings. The van der Waals surface area contributed by atoms with Crippen molar-refractivity contribution in [1.82, 2.24) is 20.0 Å². The molecule has 0 radical (unpaired) electrons. The van der Waals surface area contributed by atoms with Gasteiger partial charge >= 0.3 is 6.03 Å². The number of aryl methyl sites for hydroxylation is 1. The van der Waals surface area contributed by atoms with Crippen molar-refractivity contribution in [2.45, 2.75) is 51.9 Å². The number of likely N-dealkylation sites (tertiary alicyclic amines) is 1. The minimum absolute atomic E-state index is 0.161. The number of benzene rings is 1.